The van der Waals surface area contributed by atoms with Crippen LogP contribution in [0.25, 0.3) is 0 Å². The monoisotopic (exact) mass is 226 g/mol. The second-order valence-corrected chi connectivity index (χ2v) is 5.63. The van der Waals surface area contributed by atoms with Crippen LogP contribution >= 0.6 is 11.5 Å². The zero-order valence-corrected chi connectivity index (χ0v) is 10.8. The quantitative estimate of drug-likeness (QED) is 0.744. The molecule has 0 saturated carbocycles. The number of aromatic nitrogens is 2. The maximum absolute atomic E-state index is 12.0. The molecule has 3 nitrogen and oxygen atoms in total. The van der Waals surface area contributed by atoms with E-state index in [1.165, 1.54) is 11.5 Å². The summed E-state index contributed by atoms with van der Waals surface area (Å²) < 4.78 is 3.90. The van der Waals surface area contributed by atoms with Crippen LogP contribution < -0.4 is 0 Å². The van der Waals surface area contributed by atoms with Gasteiger partial charge in [0.25, 0.3) is 0 Å². The highest BCUT2D eigenvalue weighted by Crippen LogP contribution is 2.28. The number of ketones is 1. The highest BCUT2D eigenvalue weighted by atomic mass is 32.1. The van der Waals surface area contributed by atoms with Crippen molar-refractivity contribution in [2.45, 2.75) is 46.5 Å². The van der Waals surface area contributed by atoms with Crippen LogP contribution in [-0.2, 0) is 5.41 Å². The third kappa shape index (κ3) is 2.62. The van der Waals surface area contributed by atoms with Crippen molar-refractivity contribution in [2.24, 2.45) is 5.92 Å². The topological polar surface area (TPSA) is 42.9 Å². The number of carbonyl (C=O) groups excluding carboxylic acids is 1. The van der Waals surface area contributed by atoms with E-state index in [0.717, 1.165) is 17.0 Å². The Bertz CT molecular complexity index is 352. The third-order valence-corrected chi connectivity index (χ3v) is 3.22. The summed E-state index contributed by atoms with van der Waals surface area (Å²) in [6, 6.07) is 0. The van der Waals surface area contributed by atoms with Crippen molar-refractivity contribution in [3.63, 3.8) is 0 Å². The Hall–Kier alpha value is -0.770. The lowest BCUT2D eigenvalue weighted by Gasteiger charge is -2.17. The molecule has 4 heteroatoms. The molecule has 0 saturated heterocycles. The van der Waals surface area contributed by atoms with Gasteiger partial charge in [-0.25, -0.2) is 0 Å². The summed E-state index contributed by atoms with van der Waals surface area (Å²) >= 11 is 1.22. The summed E-state index contributed by atoms with van der Waals surface area (Å²) in [5.74, 6) is 0.241. The fourth-order valence-electron chi connectivity index (χ4n) is 1.25. The van der Waals surface area contributed by atoms with Gasteiger partial charge >= 0.3 is 0 Å². The van der Waals surface area contributed by atoms with Crippen LogP contribution in [0.15, 0.2) is 0 Å². The largest absolute Gasteiger partial charge is 0.293 e. The molecule has 0 aliphatic carbocycles. The molecule has 0 aliphatic rings. The molecule has 84 valence electrons. The summed E-state index contributed by atoms with van der Waals surface area (Å²) in [5.41, 5.74) is 0.726. The van der Waals surface area contributed by atoms with Crippen LogP contribution in [0.4, 0.5) is 0 Å². The number of hydrogen-bond acceptors (Lipinski definition) is 4. The molecule has 15 heavy (non-hydrogen) atoms. The maximum atomic E-state index is 12.0. The van der Waals surface area contributed by atoms with E-state index in [1.807, 2.05) is 13.8 Å². The highest BCUT2D eigenvalue weighted by molar-refractivity contribution is 7.08. The van der Waals surface area contributed by atoms with Crippen molar-refractivity contribution in [3.05, 3.63) is 10.6 Å². The Morgan fingerprint density at radius 2 is 2.07 bits per heavy atom. The van der Waals surface area contributed by atoms with Gasteiger partial charge in [0.15, 0.2) is 5.78 Å². The van der Waals surface area contributed by atoms with Crippen LogP contribution in [-0.4, -0.2) is 15.4 Å². The second-order valence-electron chi connectivity index (χ2n) is 4.87. The molecule has 0 aliphatic heterocycles. The predicted octanol–water partition coefficient (Wildman–Crippen LogP) is 3.06. The zero-order chi connectivity index (χ0) is 11.6. The number of hydrogen-bond donors (Lipinski definition) is 0. The van der Waals surface area contributed by atoms with Crippen molar-refractivity contribution >= 4 is 17.3 Å². The highest BCUT2D eigenvalue weighted by Gasteiger charge is 2.27. The van der Waals surface area contributed by atoms with Gasteiger partial charge in [0, 0.05) is 11.3 Å². The molecule has 1 rings (SSSR count). The van der Waals surface area contributed by atoms with Crippen LogP contribution in [0.2, 0.25) is 0 Å². The first kappa shape index (κ1) is 12.3. The van der Waals surface area contributed by atoms with E-state index < -0.39 is 0 Å². The lowest BCUT2D eigenvalue weighted by atomic mass is 9.89. The molecular weight excluding hydrogens is 208 g/mol. The van der Waals surface area contributed by atoms with E-state index in [-0.39, 0.29) is 17.1 Å². The molecule has 0 radical (unpaired) electrons. The van der Waals surface area contributed by atoms with Crippen LogP contribution in [0, 0.1) is 5.92 Å². The van der Waals surface area contributed by atoms with Crippen LogP contribution in [0.1, 0.15) is 56.4 Å². The predicted molar refractivity (Wildman–Crippen MR) is 62.4 cm³/mol. The molecule has 0 amide bonds. The minimum absolute atomic E-state index is 0.0633. The van der Waals surface area contributed by atoms with E-state index in [1.54, 1.807) is 0 Å². The van der Waals surface area contributed by atoms with E-state index in [9.17, 15) is 4.79 Å². The first-order chi connectivity index (χ1) is 6.88. The summed E-state index contributed by atoms with van der Waals surface area (Å²) in [4.78, 5) is 12.8. The Labute approximate surface area is 95.1 Å². The number of rotatable bonds is 3. The first-order valence-electron chi connectivity index (χ1n) is 5.25. The van der Waals surface area contributed by atoms with E-state index in [0.29, 0.717) is 0 Å². The lowest BCUT2D eigenvalue weighted by Crippen LogP contribution is -2.19. The molecule has 0 fully saturated rings. The number of carbonyl (C=O) groups is 1. The van der Waals surface area contributed by atoms with Gasteiger partial charge in [-0.15, -0.1) is 5.10 Å². The van der Waals surface area contributed by atoms with E-state index in [2.05, 4.69) is 30.4 Å². The minimum atomic E-state index is -0.106. The molecule has 0 spiro atoms. The summed E-state index contributed by atoms with van der Waals surface area (Å²) in [7, 11) is 0. The molecule has 0 bridgehead atoms. The van der Waals surface area contributed by atoms with Crippen molar-refractivity contribution in [1.82, 2.24) is 9.59 Å². The molecule has 1 heterocycles. The maximum Gasteiger partial charge on any atom is 0.179 e. The molecule has 1 atom stereocenters. The molecule has 0 N–H and O–H groups in total. The number of Topliss-reactive ketones (excluding diaryl/α,β-unsaturated/α-hetero) is 1. The Balaban J connectivity index is 3.06. The Morgan fingerprint density at radius 1 is 1.47 bits per heavy atom. The third-order valence-electron chi connectivity index (χ3n) is 2.48. The van der Waals surface area contributed by atoms with Gasteiger partial charge in [0.1, 0.15) is 4.88 Å². The van der Waals surface area contributed by atoms with E-state index in [4.69, 9.17) is 0 Å². The lowest BCUT2D eigenvalue weighted by molar-refractivity contribution is 0.0929. The normalized spacial score (nSPS) is 13.9. The van der Waals surface area contributed by atoms with Gasteiger partial charge in [-0.2, -0.15) is 0 Å². The second kappa shape index (κ2) is 4.39. The van der Waals surface area contributed by atoms with Crippen LogP contribution in [0.3, 0.4) is 0 Å². The summed E-state index contributed by atoms with van der Waals surface area (Å²) in [6.07, 6.45) is 0.861. The molecular formula is C11H18N2OS. The molecule has 1 aromatic heterocycles. The van der Waals surface area contributed by atoms with E-state index >= 15 is 0 Å². The average molecular weight is 226 g/mol. The van der Waals surface area contributed by atoms with Gasteiger partial charge in [-0.3, -0.25) is 4.79 Å². The average Bonchev–Trinajstić information content (AvgIpc) is 2.63. The summed E-state index contributed by atoms with van der Waals surface area (Å²) in [5, 5.41) is 4.07. The van der Waals surface area contributed by atoms with Gasteiger partial charge in [0.2, 0.25) is 0 Å². The molecule has 1 unspecified atom stereocenters. The van der Waals surface area contributed by atoms with Gasteiger partial charge in [0.05, 0.1) is 5.69 Å². The molecule has 1 aromatic rings. The SMILES string of the molecule is CCC(C)C(=O)c1snnc1C(C)(C)C. The van der Waals surface area contributed by atoms with Gasteiger partial charge < -0.3 is 0 Å². The standard InChI is InChI=1S/C11H18N2OS/c1-6-7(2)8(14)9-10(11(3,4)5)12-13-15-9/h7H,6H2,1-5H3. The fourth-order valence-corrected chi connectivity index (χ4v) is 2.18. The first-order valence-corrected chi connectivity index (χ1v) is 6.02. The Kier molecular flexibility index (Phi) is 3.60. The summed E-state index contributed by atoms with van der Waals surface area (Å²) in [6.45, 7) is 10.1. The fraction of sp³-hybridized carbons (Fsp3) is 0.727. The number of nitrogens with zero attached hydrogens (tertiary/aromatic N) is 2. The van der Waals surface area contributed by atoms with Crippen molar-refractivity contribution in [1.29, 1.82) is 0 Å². The zero-order valence-electron chi connectivity index (χ0n) is 10.00. The van der Waals surface area contributed by atoms with Crippen molar-refractivity contribution < 1.29 is 4.79 Å². The molecule has 0 aromatic carbocycles. The van der Waals surface area contributed by atoms with Crippen molar-refractivity contribution in [3.8, 4) is 0 Å². The van der Waals surface area contributed by atoms with Gasteiger partial charge in [-0.05, 0) is 18.0 Å². The van der Waals surface area contributed by atoms with Gasteiger partial charge in [-0.1, -0.05) is 39.1 Å². The Morgan fingerprint density at radius 3 is 2.53 bits per heavy atom. The van der Waals surface area contributed by atoms with Crippen LogP contribution in [0.5, 0.6) is 0 Å². The smallest absolute Gasteiger partial charge is 0.179 e. The minimum Gasteiger partial charge on any atom is -0.293 e. The van der Waals surface area contributed by atoms with Crippen molar-refractivity contribution in [2.75, 3.05) is 0 Å².